The van der Waals surface area contributed by atoms with E-state index in [-0.39, 0.29) is 6.04 Å². The van der Waals surface area contributed by atoms with Gasteiger partial charge in [0.1, 0.15) is 0 Å². The van der Waals surface area contributed by atoms with Gasteiger partial charge in [0.25, 0.3) is 0 Å². The van der Waals surface area contributed by atoms with Crippen LogP contribution in [0, 0.1) is 0 Å². The molecule has 122 valence electrons. The Morgan fingerprint density at radius 3 is 1.96 bits per heavy atom. The molecule has 0 amide bonds. The van der Waals surface area contributed by atoms with Gasteiger partial charge in [-0.3, -0.25) is 4.90 Å². The number of piperazine rings is 1. The molecule has 0 aliphatic carbocycles. The summed E-state index contributed by atoms with van der Waals surface area (Å²) >= 11 is 6.07. The Morgan fingerprint density at radius 2 is 1.43 bits per heavy atom. The van der Waals surface area contributed by atoms with Crippen LogP contribution in [0.4, 0.5) is 5.69 Å². The van der Waals surface area contributed by atoms with E-state index in [2.05, 4.69) is 65.6 Å². The lowest BCUT2D eigenvalue weighted by Crippen LogP contribution is -2.45. The molecule has 0 aromatic heterocycles. The van der Waals surface area contributed by atoms with E-state index in [1.165, 1.54) is 16.8 Å². The van der Waals surface area contributed by atoms with Crippen molar-refractivity contribution in [1.82, 2.24) is 10.2 Å². The lowest BCUT2D eigenvalue weighted by Gasteiger charge is -2.35. The number of nitrogens with zero attached hydrogens (tertiary/aromatic N) is 2. The second-order valence-electron chi connectivity index (χ2n) is 6.23. The van der Waals surface area contributed by atoms with Gasteiger partial charge in [0, 0.05) is 51.0 Å². The van der Waals surface area contributed by atoms with Crippen LogP contribution in [0.1, 0.15) is 17.2 Å². The molecule has 1 aliphatic heterocycles. The first kappa shape index (κ1) is 16.3. The standard InChI is InChI=1S/C19H24ClN3/c1-22(2)18-9-5-16(6-10-18)19(23-13-11-21-12-14-23)15-3-7-17(20)8-4-15/h3-10,19,21H,11-14H2,1-2H3. The molecule has 1 fully saturated rings. The van der Waals surface area contributed by atoms with Crippen molar-refractivity contribution in [3.05, 3.63) is 64.7 Å². The van der Waals surface area contributed by atoms with Crippen molar-refractivity contribution in [3.63, 3.8) is 0 Å². The monoisotopic (exact) mass is 329 g/mol. The maximum atomic E-state index is 6.07. The van der Waals surface area contributed by atoms with E-state index in [9.17, 15) is 0 Å². The fourth-order valence-electron chi connectivity index (χ4n) is 3.15. The fourth-order valence-corrected chi connectivity index (χ4v) is 3.28. The molecule has 1 aliphatic rings. The average Bonchev–Trinajstić information content (AvgIpc) is 2.58. The van der Waals surface area contributed by atoms with Crippen LogP contribution in [-0.4, -0.2) is 45.2 Å². The number of benzene rings is 2. The number of rotatable bonds is 4. The summed E-state index contributed by atoms with van der Waals surface area (Å²) in [6.07, 6.45) is 0. The molecule has 1 heterocycles. The average molecular weight is 330 g/mol. The van der Waals surface area contributed by atoms with E-state index in [4.69, 9.17) is 11.6 Å². The van der Waals surface area contributed by atoms with Crippen molar-refractivity contribution in [2.75, 3.05) is 45.2 Å². The molecule has 23 heavy (non-hydrogen) atoms. The number of hydrogen-bond acceptors (Lipinski definition) is 3. The zero-order valence-electron chi connectivity index (χ0n) is 13.8. The van der Waals surface area contributed by atoms with E-state index in [1.807, 2.05) is 12.1 Å². The molecule has 3 nitrogen and oxygen atoms in total. The largest absolute Gasteiger partial charge is 0.378 e. The van der Waals surface area contributed by atoms with Crippen LogP contribution in [0.25, 0.3) is 0 Å². The molecule has 1 unspecified atom stereocenters. The third kappa shape index (κ3) is 3.86. The van der Waals surface area contributed by atoms with Gasteiger partial charge in [-0.25, -0.2) is 0 Å². The summed E-state index contributed by atoms with van der Waals surface area (Å²) < 4.78 is 0. The summed E-state index contributed by atoms with van der Waals surface area (Å²) in [5.74, 6) is 0. The molecule has 1 atom stereocenters. The fraction of sp³-hybridized carbons (Fsp3) is 0.368. The lowest BCUT2D eigenvalue weighted by molar-refractivity contribution is 0.198. The topological polar surface area (TPSA) is 18.5 Å². The minimum absolute atomic E-state index is 0.283. The summed E-state index contributed by atoms with van der Waals surface area (Å²) in [5.41, 5.74) is 3.86. The molecule has 1 saturated heterocycles. The Kier molecular flexibility index (Phi) is 5.21. The first-order chi connectivity index (χ1) is 11.1. The van der Waals surface area contributed by atoms with Crippen LogP contribution in [0.5, 0.6) is 0 Å². The highest BCUT2D eigenvalue weighted by molar-refractivity contribution is 6.30. The minimum atomic E-state index is 0.283. The molecule has 0 spiro atoms. The number of nitrogens with one attached hydrogen (secondary N) is 1. The summed E-state index contributed by atoms with van der Waals surface area (Å²) in [7, 11) is 4.14. The molecule has 4 heteroatoms. The maximum Gasteiger partial charge on any atom is 0.0602 e. The second kappa shape index (κ2) is 7.35. The van der Waals surface area contributed by atoms with Crippen molar-refractivity contribution >= 4 is 17.3 Å². The Labute approximate surface area is 143 Å². The zero-order chi connectivity index (χ0) is 16.2. The number of hydrogen-bond donors (Lipinski definition) is 1. The highest BCUT2D eigenvalue weighted by Gasteiger charge is 2.23. The van der Waals surface area contributed by atoms with Crippen LogP contribution < -0.4 is 10.2 Å². The molecule has 3 rings (SSSR count). The van der Waals surface area contributed by atoms with Crippen molar-refractivity contribution in [1.29, 1.82) is 0 Å². The molecule has 0 radical (unpaired) electrons. The van der Waals surface area contributed by atoms with Crippen LogP contribution in [-0.2, 0) is 0 Å². The zero-order valence-corrected chi connectivity index (χ0v) is 14.6. The summed E-state index contributed by atoms with van der Waals surface area (Å²) in [5, 5.41) is 4.22. The van der Waals surface area contributed by atoms with Crippen molar-refractivity contribution < 1.29 is 0 Å². The van der Waals surface area contributed by atoms with E-state index in [0.29, 0.717) is 0 Å². The third-order valence-electron chi connectivity index (χ3n) is 4.43. The first-order valence-corrected chi connectivity index (χ1v) is 8.50. The summed E-state index contributed by atoms with van der Waals surface area (Å²) in [6, 6.07) is 17.4. The quantitative estimate of drug-likeness (QED) is 0.927. The number of anilines is 1. The summed E-state index contributed by atoms with van der Waals surface area (Å²) in [6.45, 7) is 4.20. The minimum Gasteiger partial charge on any atom is -0.378 e. The van der Waals surface area contributed by atoms with Gasteiger partial charge in [0.15, 0.2) is 0 Å². The van der Waals surface area contributed by atoms with Crippen LogP contribution in [0.2, 0.25) is 5.02 Å². The summed E-state index contributed by atoms with van der Waals surface area (Å²) in [4.78, 5) is 4.68. The molecule has 0 bridgehead atoms. The smallest absolute Gasteiger partial charge is 0.0602 e. The predicted octanol–water partition coefficient (Wildman–Crippen LogP) is 3.40. The van der Waals surface area contributed by atoms with Crippen LogP contribution in [0.15, 0.2) is 48.5 Å². The Balaban J connectivity index is 1.95. The Bertz CT molecular complexity index is 616. The highest BCUT2D eigenvalue weighted by Crippen LogP contribution is 2.30. The third-order valence-corrected chi connectivity index (χ3v) is 4.68. The van der Waals surface area contributed by atoms with Gasteiger partial charge in [-0.15, -0.1) is 0 Å². The Morgan fingerprint density at radius 1 is 0.913 bits per heavy atom. The van der Waals surface area contributed by atoms with Crippen molar-refractivity contribution in [3.8, 4) is 0 Å². The molecule has 1 N–H and O–H groups in total. The van der Waals surface area contributed by atoms with Crippen LogP contribution >= 0.6 is 11.6 Å². The van der Waals surface area contributed by atoms with E-state index < -0.39 is 0 Å². The maximum absolute atomic E-state index is 6.07. The number of halogens is 1. The molecule has 0 saturated carbocycles. The van der Waals surface area contributed by atoms with Gasteiger partial charge < -0.3 is 10.2 Å². The molecular weight excluding hydrogens is 306 g/mol. The Hall–Kier alpha value is -1.55. The molecular formula is C19H24ClN3. The van der Waals surface area contributed by atoms with Gasteiger partial charge in [0.2, 0.25) is 0 Å². The van der Waals surface area contributed by atoms with E-state index in [1.54, 1.807) is 0 Å². The normalized spacial score (nSPS) is 17.0. The predicted molar refractivity (Wildman–Crippen MR) is 98.5 cm³/mol. The second-order valence-corrected chi connectivity index (χ2v) is 6.66. The first-order valence-electron chi connectivity index (χ1n) is 8.12. The van der Waals surface area contributed by atoms with E-state index in [0.717, 1.165) is 31.2 Å². The molecule has 2 aromatic rings. The van der Waals surface area contributed by atoms with E-state index >= 15 is 0 Å². The van der Waals surface area contributed by atoms with Gasteiger partial charge in [-0.05, 0) is 35.4 Å². The van der Waals surface area contributed by atoms with Crippen LogP contribution in [0.3, 0.4) is 0 Å². The van der Waals surface area contributed by atoms with Gasteiger partial charge in [-0.1, -0.05) is 35.9 Å². The van der Waals surface area contributed by atoms with Gasteiger partial charge in [-0.2, -0.15) is 0 Å². The van der Waals surface area contributed by atoms with Gasteiger partial charge >= 0.3 is 0 Å². The van der Waals surface area contributed by atoms with Gasteiger partial charge in [0.05, 0.1) is 6.04 Å². The SMILES string of the molecule is CN(C)c1ccc(C(c2ccc(Cl)cc2)N2CCNCC2)cc1. The van der Waals surface area contributed by atoms with Crippen molar-refractivity contribution in [2.24, 2.45) is 0 Å². The van der Waals surface area contributed by atoms with Crippen molar-refractivity contribution in [2.45, 2.75) is 6.04 Å². The lowest BCUT2D eigenvalue weighted by atomic mass is 9.96. The molecule has 2 aromatic carbocycles. The highest BCUT2D eigenvalue weighted by atomic mass is 35.5.